The van der Waals surface area contributed by atoms with E-state index in [1.807, 2.05) is 0 Å². The molecule has 0 fully saturated rings. The van der Waals surface area contributed by atoms with Crippen LogP contribution in [0.3, 0.4) is 0 Å². The normalized spacial score (nSPS) is 12.4. The molecule has 0 aliphatic carbocycles. The molecular weight excluding hydrogens is 178 g/mol. The van der Waals surface area contributed by atoms with Gasteiger partial charge < -0.3 is 5.73 Å². The third-order valence-corrected chi connectivity index (χ3v) is 2.44. The van der Waals surface area contributed by atoms with Gasteiger partial charge in [0, 0.05) is 6.42 Å². The Hall–Kier alpha value is -0.860. The van der Waals surface area contributed by atoms with Gasteiger partial charge in [-0.3, -0.25) is 9.59 Å². The Labute approximate surface area is 86.1 Å². The van der Waals surface area contributed by atoms with Crippen molar-refractivity contribution in [1.82, 2.24) is 0 Å². The molecule has 0 rings (SSSR count). The number of hydrogen-bond acceptors (Lipinski definition) is 2. The van der Waals surface area contributed by atoms with Crippen LogP contribution in [-0.4, -0.2) is 11.7 Å². The Morgan fingerprint density at radius 1 is 1.14 bits per heavy atom. The smallest absolute Gasteiger partial charge is 0.227 e. The largest absolute Gasteiger partial charge is 0.369 e. The van der Waals surface area contributed by atoms with Crippen LogP contribution >= 0.6 is 0 Å². The average molecular weight is 199 g/mol. The molecule has 0 heterocycles. The Bertz CT molecular complexity index is 190. The van der Waals surface area contributed by atoms with E-state index in [0.29, 0.717) is 6.42 Å². The van der Waals surface area contributed by atoms with E-state index in [9.17, 15) is 9.59 Å². The number of unbranched alkanes of at least 4 members (excludes halogenated alkanes) is 4. The van der Waals surface area contributed by atoms with Crippen LogP contribution in [0, 0.1) is 5.92 Å². The highest BCUT2D eigenvalue weighted by molar-refractivity contribution is 6.00. The summed E-state index contributed by atoms with van der Waals surface area (Å²) in [6.45, 7) is 3.73. The van der Waals surface area contributed by atoms with Gasteiger partial charge in [0.15, 0.2) is 0 Å². The molecule has 0 spiro atoms. The fraction of sp³-hybridized carbons (Fsp3) is 0.818. The maximum Gasteiger partial charge on any atom is 0.227 e. The molecule has 82 valence electrons. The van der Waals surface area contributed by atoms with E-state index in [-0.39, 0.29) is 5.78 Å². The first-order chi connectivity index (χ1) is 6.59. The van der Waals surface area contributed by atoms with Crippen LogP contribution in [0.15, 0.2) is 0 Å². The summed E-state index contributed by atoms with van der Waals surface area (Å²) in [5, 5.41) is 0. The first kappa shape index (κ1) is 13.1. The van der Waals surface area contributed by atoms with Crippen molar-refractivity contribution >= 4 is 11.7 Å². The van der Waals surface area contributed by atoms with Gasteiger partial charge in [-0.2, -0.15) is 0 Å². The van der Waals surface area contributed by atoms with Crippen molar-refractivity contribution in [3.8, 4) is 0 Å². The van der Waals surface area contributed by atoms with Crippen LogP contribution in [0.25, 0.3) is 0 Å². The van der Waals surface area contributed by atoms with Crippen LogP contribution < -0.4 is 5.73 Å². The van der Waals surface area contributed by atoms with Gasteiger partial charge >= 0.3 is 0 Å². The zero-order chi connectivity index (χ0) is 11.0. The third-order valence-electron chi connectivity index (χ3n) is 2.44. The maximum absolute atomic E-state index is 11.3. The summed E-state index contributed by atoms with van der Waals surface area (Å²) >= 11 is 0. The molecule has 0 aliphatic heterocycles. The molecule has 3 nitrogen and oxygen atoms in total. The summed E-state index contributed by atoms with van der Waals surface area (Å²) in [7, 11) is 0. The van der Waals surface area contributed by atoms with E-state index in [1.54, 1.807) is 6.92 Å². The quantitative estimate of drug-likeness (QED) is 0.480. The third kappa shape index (κ3) is 5.73. The Kier molecular flexibility index (Phi) is 7.07. The minimum Gasteiger partial charge on any atom is -0.369 e. The second-order valence-electron chi connectivity index (χ2n) is 3.75. The van der Waals surface area contributed by atoms with Crippen LogP contribution in [0.1, 0.15) is 52.4 Å². The number of nitrogens with two attached hydrogens (primary N) is 1. The van der Waals surface area contributed by atoms with Gasteiger partial charge in [0.25, 0.3) is 0 Å². The predicted molar refractivity (Wildman–Crippen MR) is 56.7 cm³/mol. The molecule has 0 aliphatic rings. The van der Waals surface area contributed by atoms with Crippen LogP contribution in [0.2, 0.25) is 0 Å². The van der Waals surface area contributed by atoms with Gasteiger partial charge in [0.05, 0.1) is 5.92 Å². The van der Waals surface area contributed by atoms with Gasteiger partial charge in [-0.1, -0.05) is 32.6 Å². The molecule has 2 N–H and O–H groups in total. The van der Waals surface area contributed by atoms with Crippen molar-refractivity contribution < 1.29 is 9.59 Å². The standard InChI is InChI=1S/C11H21NO2/c1-3-4-5-6-7-8-10(13)9(2)11(12)14/h9H,3-8H2,1-2H3,(H2,12,14). The summed E-state index contributed by atoms with van der Waals surface area (Å²) in [6, 6.07) is 0. The van der Waals surface area contributed by atoms with Crippen molar-refractivity contribution in [2.75, 3.05) is 0 Å². The number of hydrogen-bond donors (Lipinski definition) is 1. The molecule has 3 heteroatoms. The summed E-state index contributed by atoms with van der Waals surface area (Å²) in [5.41, 5.74) is 5.03. The van der Waals surface area contributed by atoms with Crippen LogP contribution in [0.5, 0.6) is 0 Å². The molecule has 1 amide bonds. The molecule has 0 saturated carbocycles. The lowest BCUT2D eigenvalue weighted by molar-refractivity contribution is -0.131. The Morgan fingerprint density at radius 3 is 2.21 bits per heavy atom. The van der Waals surface area contributed by atoms with Crippen molar-refractivity contribution in [2.24, 2.45) is 11.7 Å². The molecule has 0 saturated heterocycles. The van der Waals surface area contributed by atoms with E-state index in [0.717, 1.165) is 12.8 Å². The highest BCUT2D eigenvalue weighted by atomic mass is 16.2. The van der Waals surface area contributed by atoms with E-state index >= 15 is 0 Å². The van der Waals surface area contributed by atoms with Gasteiger partial charge in [-0.05, 0) is 13.3 Å². The SMILES string of the molecule is CCCCCCCC(=O)C(C)C(N)=O. The van der Waals surface area contributed by atoms with E-state index < -0.39 is 11.8 Å². The van der Waals surface area contributed by atoms with Crippen molar-refractivity contribution in [3.05, 3.63) is 0 Å². The summed E-state index contributed by atoms with van der Waals surface area (Å²) in [4.78, 5) is 22.0. The lowest BCUT2D eigenvalue weighted by Crippen LogP contribution is -2.27. The first-order valence-electron chi connectivity index (χ1n) is 5.41. The van der Waals surface area contributed by atoms with Gasteiger partial charge in [0.2, 0.25) is 5.91 Å². The molecular formula is C11H21NO2. The number of carbonyl (C=O) groups is 2. The maximum atomic E-state index is 11.3. The van der Waals surface area contributed by atoms with Crippen molar-refractivity contribution in [2.45, 2.75) is 52.4 Å². The molecule has 0 aromatic carbocycles. The minimum absolute atomic E-state index is 0.0194. The fourth-order valence-corrected chi connectivity index (χ4v) is 1.28. The summed E-state index contributed by atoms with van der Waals surface area (Å²) < 4.78 is 0. The Morgan fingerprint density at radius 2 is 1.71 bits per heavy atom. The monoisotopic (exact) mass is 199 g/mol. The van der Waals surface area contributed by atoms with Gasteiger partial charge in [-0.25, -0.2) is 0 Å². The van der Waals surface area contributed by atoms with E-state index in [2.05, 4.69) is 6.92 Å². The highest BCUT2D eigenvalue weighted by Gasteiger charge is 2.17. The predicted octanol–water partition coefficient (Wildman–Crippen LogP) is 2.04. The number of Topliss-reactive ketones (excluding diaryl/α,β-unsaturated/α-hetero) is 1. The summed E-state index contributed by atoms with van der Waals surface area (Å²) in [6.07, 6.45) is 6.05. The second-order valence-corrected chi connectivity index (χ2v) is 3.75. The van der Waals surface area contributed by atoms with Crippen molar-refractivity contribution in [3.63, 3.8) is 0 Å². The molecule has 1 unspecified atom stereocenters. The fourth-order valence-electron chi connectivity index (χ4n) is 1.28. The lowest BCUT2D eigenvalue weighted by Gasteiger charge is -2.05. The summed E-state index contributed by atoms with van der Waals surface area (Å²) in [5.74, 6) is -1.14. The number of amides is 1. The van der Waals surface area contributed by atoms with E-state index in [1.165, 1.54) is 19.3 Å². The average Bonchev–Trinajstić information content (AvgIpc) is 2.16. The molecule has 0 aromatic heterocycles. The molecule has 0 radical (unpaired) electrons. The number of carbonyl (C=O) groups excluding carboxylic acids is 2. The number of ketones is 1. The van der Waals surface area contributed by atoms with Crippen LogP contribution in [-0.2, 0) is 9.59 Å². The van der Waals surface area contributed by atoms with Crippen molar-refractivity contribution in [1.29, 1.82) is 0 Å². The number of primary amides is 1. The van der Waals surface area contributed by atoms with Crippen LogP contribution in [0.4, 0.5) is 0 Å². The molecule has 0 bridgehead atoms. The molecule has 14 heavy (non-hydrogen) atoms. The first-order valence-corrected chi connectivity index (χ1v) is 5.41. The second kappa shape index (κ2) is 7.54. The zero-order valence-corrected chi connectivity index (χ0v) is 9.21. The lowest BCUT2D eigenvalue weighted by atomic mass is 10.00. The molecule has 0 aromatic rings. The molecule has 1 atom stereocenters. The van der Waals surface area contributed by atoms with Gasteiger partial charge in [-0.15, -0.1) is 0 Å². The van der Waals surface area contributed by atoms with E-state index in [4.69, 9.17) is 5.73 Å². The highest BCUT2D eigenvalue weighted by Crippen LogP contribution is 2.08. The number of rotatable bonds is 8. The minimum atomic E-state index is -0.610. The topological polar surface area (TPSA) is 60.2 Å². The zero-order valence-electron chi connectivity index (χ0n) is 9.21. The van der Waals surface area contributed by atoms with Gasteiger partial charge in [0.1, 0.15) is 5.78 Å². The Balaban J connectivity index is 3.49.